The predicted molar refractivity (Wildman–Crippen MR) is 127 cm³/mol. The third-order valence-corrected chi connectivity index (χ3v) is 7.11. The van der Waals surface area contributed by atoms with Crippen LogP contribution in [-0.2, 0) is 16.6 Å². The molecule has 1 aliphatic rings. The van der Waals surface area contributed by atoms with E-state index in [-0.39, 0.29) is 22.4 Å². The normalized spacial score (nSPS) is 15.5. The van der Waals surface area contributed by atoms with Gasteiger partial charge in [-0.3, -0.25) is 0 Å². The van der Waals surface area contributed by atoms with Crippen molar-refractivity contribution in [1.82, 2.24) is 4.72 Å². The van der Waals surface area contributed by atoms with E-state index in [0.29, 0.717) is 0 Å². The summed E-state index contributed by atoms with van der Waals surface area (Å²) in [6, 6.07) is 17.3. The highest BCUT2D eigenvalue weighted by Crippen LogP contribution is 2.39. The molecule has 3 aromatic rings. The van der Waals surface area contributed by atoms with Gasteiger partial charge < -0.3 is 5.11 Å². The van der Waals surface area contributed by atoms with Gasteiger partial charge in [-0.1, -0.05) is 68.5 Å². The first-order valence-electron chi connectivity index (χ1n) is 10.4. The van der Waals surface area contributed by atoms with Crippen LogP contribution in [-0.4, -0.2) is 19.5 Å². The monoisotopic (exact) mass is 447 g/mol. The Kier molecular flexibility index (Phi) is 5.75. The number of sulfonamides is 1. The van der Waals surface area contributed by atoms with E-state index in [9.17, 15) is 13.2 Å². The second-order valence-electron chi connectivity index (χ2n) is 8.69. The quantitative estimate of drug-likeness (QED) is 0.531. The average Bonchev–Trinajstić information content (AvgIpc) is 2.76. The van der Waals surface area contributed by atoms with Crippen molar-refractivity contribution in [2.45, 2.75) is 31.7 Å². The molecule has 5 nitrogen and oxygen atoms in total. The molecule has 0 aliphatic heterocycles. The van der Waals surface area contributed by atoms with E-state index in [4.69, 9.17) is 5.11 Å². The summed E-state index contributed by atoms with van der Waals surface area (Å²) < 4.78 is 28.4. The number of fused-ring (bicyclic) bond motifs is 1. The number of carboxylic acid groups (broad SMARTS) is 1. The Bertz CT molecular complexity index is 1350. The van der Waals surface area contributed by atoms with Gasteiger partial charge in [0.1, 0.15) is 0 Å². The van der Waals surface area contributed by atoms with Gasteiger partial charge in [-0.15, -0.1) is 0 Å². The summed E-state index contributed by atoms with van der Waals surface area (Å²) >= 11 is 0. The Labute approximate surface area is 188 Å². The van der Waals surface area contributed by atoms with Crippen molar-refractivity contribution >= 4 is 32.3 Å². The Hall–Kier alpha value is -3.22. The lowest BCUT2D eigenvalue weighted by atomic mass is 9.78. The van der Waals surface area contributed by atoms with Crippen molar-refractivity contribution in [2.75, 3.05) is 0 Å². The van der Waals surface area contributed by atoms with E-state index in [2.05, 4.69) is 48.9 Å². The maximum absolute atomic E-state index is 12.9. The van der Waals surface area contributed by atoms with Crippen LogP contribution < -0.4 is 4.72 Å². The zero-order valence-electron chi connectivity index (χ0n) is 18.0. The minimum Gasteiger partial charge on any atom is -0.478 e. The van der Waals surface area contributed by atoms with Crippen LogP contribution in [0.4, 0.5) is 0 Å². The highest BCUT2D eigenvalue weighted by molar-refractivity contribution is 7.89. The van der Waals surface area contributed by atoms with Gasteiger partial charge in [-0.05, 0) is 63.6 Å². The molecule has 0 fully saturated rings. The minimum absolute atomic E-state index is 0.0175. The summed E-state index contributed by atoms with van der Waals surface area (Å²) in [7, 11) is -3.80. The molecule has 4 rings (SSSR count). The van der Waals surface area contributed by atoms with E-state index >= 15 is 0 Å². The molecule has 0 heterocycles. The molecule has 6 heteroatoms. The number of allylic oxidation sites excluding steroid dienone is 4. The maximum atomic E-state index is 12.9. The second-order valence-corrected chi connectivity index (χ2v) is 10.5. The van der Waals surface area contributed by atoms with Gasteiger partial charge in [0, 0.05) is 6.54 Å². The molecule has 0 atom stereocenters. The molecule has 0 aromatic heterocycles. The first kappa shape index (κ1) is 22.0. The number of nitrogens with one attached hydrogen (secondary N) is 1. The van der Waals surface area contributed by atoms with Crippen LogP contribution in [0.2, 0.25) is 0 Å². The van der Waals surface area contributed by atoms with Gasteiger partial charge in [0.25, 0.3) is 0 Å². The van der Waals surface area contributed by atoms with Gasteiger partial charge in [0.15, 0.2) is 0 Å². The van der Waals surface area contributed by atoms with Gasteiger partial charge in [-0.25, -0.2) is 17.9 Å². The highest BCUT2D eigenvalue weighted by Gasteiger charge is 2.23. The summed E-state index contributed by atoms with van der Waals surface area (Å²) in [5.41, 5.74) is 3.19. The molecule has 1 aliphatic carbocycles. The third-order valence-electron chi connectivity index (χ3n) is 5.69. The zero-order chi connectivity index (χ0) is 22.9. The molecule has 32 heavy (non-hydrogen) atoms. The number of carbonyl (C=O) groups is 1. The Morgan fingerprint density at radius 1 is 1.03 bits per heavy atom. The van der Waals surface area contributed by atoms with Crippen molar-refractivity contribution in [1.29, 1.82) is 0 Å². The summed E-state index contributed by atoms with van der Waals surface area (Å²) in [5.74, 6) is -1.10. The fraction of sp³-hybridized carbons (Fsp3) is 0.192. The Balaban J connectivity index is 1.70. The lowest BCUT2D eigenvalue weighted by molar-refractivity contribution is 0.0696. The summed E-state index contributed by atoms with van der Waals surface area (Å²) in [5, 5.41) is 11.2. The Morgan fingerprint density at radius 2 is 1.75 bits per heavy atom. The standard InChI is InChI=1S/C26H25NO4S/c1-26(2)15-5-7-20(16-26)24-21(10-9-18-6-3-4-8-23(18)24)17-27-32(30,31)22-13-11-19(12-14-22)25(28)29/h3-15,27H,16-17H2,1-2H3,(H,28,29). The summed E-state index contributed by atoms with van der Waals surface area (Å²) in [4.78, 5) is 11.1. The fourth-order valence-electron chi connectivity index (χ4n) is 4.08. The molecule has 0 bridgehead atoms. The van der Waals surface area contributed by atoms with E-state index in [1.807, 2.05) is 24.3 Å². The minimum atomic E-state index is -3.80. The van der Waals surface area contributed by atoms with Crippen LogP contribution in [0.3, 0.4) is 0 Å². The first-order chi connectivity index (χ1) is 15.2. The largest absolute Gasteiger partial charge is 0.478 e. The number of carboxylic acids is 1. The van der Waals surface area contributed by atoms with E-state index < -0.39 is 16.0 Å². The predicted octanol–water partition coefficient (Wildman–Crippen LogP) is 5.39. The van der Waals surface area contributed by atoms with Crippen LogP contribution in [0.1, 0.15) is 41.8 Å². The molecule has 0 radical (unpaired) electrons. The smallest absolute Gasteiger partial charge is 0.335 e. The second kappa shape index (κ2) is 8.37. The van der Waals surface area contributed by atoms with Crippen molar-refractivity contribution < 1.29 is 18.3 Å². The number of rotatable bonds is 6. The SMILES string of the molecule is CC1(C)C=CC=C(c2c(CNS(=O)(=O)c3ccc(C(=O)O)cc3)ccc3ccccc23)C1. The van der Waals surface area contributed by atoms with E-state index in [1.54, 1.807) is 0 Å². The van der Waals surface area contributed by atoms with Crippen LogP contribution in [0.25, 0.3) is 16.3 Å². The first-order valence-corrected chi connectivity index (χ1v) is 11.9. The van der Waals surface area contributed by atoms with Gasteiger partial charge in [0.2, 0.25) is 10.0 Å². The van der Waals surface area contributed by atoms with Crippen LogP contribution in [0, 0.1) is 5.41 Å². The van der Waals surface area contributed by atoms with Crippen molar-refractivity contribution in [3.05, 3.63) is 95.6 Å². The molecular weight excluding hydrogens is 422 g/mol. The molecule has 0 unspecified atom stereocenters. The summed E-state index contributed by atoms with van der Waals surface area (Å²) in [6.45, 7) is 4.50. The molecule has 0 saturated heterocycles. The highest BCUT2D eigenvalue weighted by atomic mass is 32.2. The van der Waals surface area contributed by atoms with Crippen LogP contribution in [0.15, 0.2) is 83.8 Å². The van der Waals surface area contributed by atoms with Crippen LogP contribution in [0.5, 0.6) is 0 Å². The molecule has 2 N–H and O–H groups in total. The van der Waals surface area contributed by atoms with Gasteiger partial charge in [0.05, 0.1) is 10.5 Å². The molecule has 0 amide bonds. The van der Waals surface area contributed by atoms with Crippen molar-refractivity contribution in [2.24, 2.45) is 5.41 Å². The molecule has 0 saturated carbocycles. The number of hydrogen-bond acceptors (Lipinski definition) is 3. The molecule has 164 valence electrons. The van der Waals surface area contributed by atoms with Gasteiger partial charge >= 0.3 is 5.97 Å². The maximum Gasteiger partial charge on any atom is 0.335 e. The average molecular weight is 448 g/mol. The van der Waals surface area contributed by atoms with Crippen molar-refractivity contribution in [3.63, 3.8) is 0 Å². The number of benzene rings is 3. The zero-order valence-corrected chi connectivity index (χ0v) is 18.8. The van der Waals surface area contributed by atoms with Crippen molar-refractivity contribution in [3.8, 4) is 0 Å². The van der Waals surface area contributed by atoms with E-state index in [0.717, 1.165) is 28.3 Å². The lowest BCUT2D eigenvalue weighted by Crippen LogP contribution is -2.24. The Morgan fingerprint density at radius 3 is 2.44 bits per heavy atom. The summed E-state index contributed by atoms with van der Waals surface area (Å²) in [6.07, 6.45) is 7.22. The molecule has 3 aromatic carbocycles. The molecular formula is C26H25NO4S. The fourth-order valence-corrected chi connectivity index (χ4v) is 5.09. The number of hydrogen-bond donors (Lipinski definition) is 2. The topological polar surface area (TPSA) is 83.5 Å². The lowest BCUT2D eigenvalue weighted by Gasteiger charge is -2.27. The van der Waals surface area contributed by atoms with Gasteiger partial charge in [-0.2, -0.15) is 0 Å². The number of aromatic carboxylic acids is 1. The molecule has 0 spiro atoms. The van der Waals surface area contributed by atoms with Crippen LogP contribution >= 0.6 is 0 Å². The van der Waals surface area contributed by atoms with E-state index in [1.165, 1.54) is 29.8 Å². The third kappa shape index (κ3) is 4.52.